The number of rotatable bonds is 5. The minimum atomic E-state index is 0.734. The molecule has 1 heterocycles. The molecule has 0 aliphatic rings. The number of hydrogen-bond acceptors (Lipinski definition) is 1. The lowest BCUT2D eigenvalue weighted by Gasteiger charge is -2.26. The van der Waals surface area contributed by atoms with Crippen LogP contribution >= 0.6 is 11.6 Å². The summed E-state index contributed by atoms with van der Waals surface area (Å²) in [6, 6.07) is 58.0. The fourth-order valence-corrected chi connectivity index (χ4v) is 6.41. The molecule has 7 aromatic carbocycles. The number of benzene rings is 7. The molecule has 0 N–H and O–H groups in total. The van der Waals surface area contributed by atoms with Crippen LogP contribution in [0.5, 0.6) is 0 Å². The fraction of sp³-hybridized carbons (Fsp3) is 0. The van der Waals surface area contributed by atoms with Crippen LogP contribution in [0.1, 0.15) is 0 Å². The molecule has 0 bridgehead atoms. The number of hydrogen-bond donors (Lipinski definition) is 0. The van der Waals surface area contributed by atoms with Crippen LogP contribution in [-0.4, -0.2) is 4.57 Å². The highest BCUT2D eigenvalue weighted by Crippen LogP contribution is 2.41. The van der Waals surface area contributed by atoms with E-state index in [1.807, 2.05) is 6.07 Å². The first-order chi connectivity index (χ1) is 21.2. The van der Waals surface area contributed by atoms with E-state index in [4.69, 9.17) is 11.6 Å². The van der Waals surface area contributed by atoms with E-state index in [1.54, 1.807) is 0 Å². The zero-order valence-corrected chi connectivity index (χ0v) is 24.1. The molecule has 0 aliphatic carbocycles. The molecule has 43 heavy (non-hydrogen) atoms. The Morgan fingerprint density at radius 2 is 1.07 bits per heavy atom. The number of fused-ring (bicyclic) bond motifs is 4. The van der Waals surface area contributed by atoms with Crippen LogP contribution < -0.4 is 4.90 Å². The van der Waals surface area contributed by atoms with E-state index in [1.165, 1.54) is 27.3 Å². The van der Waals surface area contributed by atoms with Crippen molar-refractivity contribution in [3.05, 3.63) is 169 Å². The topological polar surface area (TPSA) is 8.17 Å². The van der Waals surface area contributed by atoms with Gasteiger partial charge >= 0.3 is 0 Å². The maximum absolute atomic E-state index is 6.55. The Balaban J connectivity index is 1.37. The van der Waals surface area contributed by atoms with Crippen molar-refractivity contribution < 1.29 is 0 Å². The number of halogens is 1. The molecule has 2 nitrogen and oxygen atoms in total. The molecule has 0 atom stereocenters. The summed E-state index contributed by atoms with van der Waals surface area (Å²) in [6.07, 6.45) is 0. The summed E-state index contributed by atoms with van der Waals surface area (Å²) in [5.74, 6) is 0. The summed E-state index contributed by atoms with van der Waals surface area (Å²) in [5.41, 5.74) is 9.10. The molecule has 0 fully saturated rings. The van der Waals surface area contributed by atoms with Crippen molar-refractivity contribution in [3.8, 4) is 16.8 Å². The maximum Gasteiger partial charge on any atom is 0.0562 e. The standard InChI is InChI=1S/C40H27ClN2/c41-31-20-25-39-37(26-31)36-24-23-34(27-40(36)43(39)38-17-9-13-30-12-7-8-16-35(30)38)42(32-14-5-2-6-15-32)33-21-18-29(19-22-33)28-10-3-1-4-11-28/h1-27H. The van der Waals surface area contributed by atoms with E-state index in [2.05, 4.69) is 167 Å². The Morgan fingerprint density at radius 3 is 1.88 bits per heavy atom. The molecule has 204 valence electrons. The highest BCUT2D eigenvalue weighted by atomic mass is 35.5. The summed E-state index contributed by atoms with van der Waals surface area (Å²) in [7, 11) is 0. The first-order valence-corrected chi connectivity index (χ1v) is 14.8. The quantitative estimate of drug-likeness (QED) is 0.200. The third-order valence-corrected chi connectivity index (χ3v) is 8.46. The lowest BCUT2D eigenvalue weighted by Crippen LogP contribution is -2.10. The SMILES string of the molecule is Clc1ccc2c(c1)c1ccc(N(c3ccccc3)c3ccc(-c4ccccc4)cc3)cc1n2-c1cccc2ccccc12. The van der Waals surface area contributed by atoms with Gasteiger partial charge in [-0.05, 0) is 77.2 Å². The Labute approximate surface area is 255 Å². The number of para-hydroxylation sites is 1. The van der Waals surface area contributed by atoms with Gasteiger partial charge in [-0.2, -0.15) is 0 Å². The second kappa shape index (κ2) is 10.5. The third kappa shape index (κ3) is 4.44. The molecule has 0 saturated heterocycles. The zero-order chi connectivity index (χ0) is 28.8. The van der Waals surface area contributed by atoms with Crippen molar-refractivity contribution >= 4 is 61.2 Å². The molecule has 0 amide bonds. The van der Waals surface area contributed by atoms with Crippen LogP contribution in [0.15, 0.2) is 164 Å². The van der Waals surface area contributed by atoms with Gasteiger partial charge in [0.15, 0.2) is 0 Å². The Kier molecular flexibility index (Phi) is 6.21. The maximum atomic E-state index is 6.55. The summed E-state index contributed by atoms with van der Waals surface area (Å²) in [4.78, 5) is 2.33. The molecule has 0 spiro atoms. The van der Waals surface area contributed by atoms with Crippen LogP contribution in [0.3, 0.4) is 0 Å². The second-order valence-electron chi connectivity index (χ2n) is 10.8. The van der Waals surface area contributed by atoms with E-state index < -0.39 is 0 Å². The van der Waals surface area contributed by atoms with E-state index in [0.29, 0.717) is 0 Å². The molecular formula is C40H27ClN2. The van der Waals surface area contributed by atoms with Gasteiger partial charge in [0.05, 0.1) is 16.7 Å². The van der Waals surface area contributed by atoms with Crippen LogP contribution in [0, 0.1) is 0 Å². The Hall–Kier alpha value is -5.31. The van der Waals surface area contributed by atoms with E-state index in [-0.39, 0.29) is 0 Å². The van der Waals surface area contributed by atoms with Gasteiger partial charge < -0.3 is 9.47 Å². The first kappa shape index (κ1) is 25.4. The molecule has 0 unspecified atom stereocenters. The molecule has 8 rings (SSSR count). The molecule has 0 aliphatic heterocycles. The number of aromatic nitrogens is 1. The smallest absolute Gasteiger partial charge is 0.0562 e. The highest BCUT2D eigenvalue weighted by Gasteiger charge is 2.18. The van der Waals surface area contributed by atoms with Crippen LogP contribution in [0.25, 0.3) is 49.4 Å². The molecule has 1 aromatic heterocycles. The van der Waals surface area contributed by atoms with Crippen molar-refractivity contribution in [1.82, 2.24) is 4.57 Å². The van der Waals surface area contributed by atoms with Crippen LogP contribution in [0.4, 0.5) is 17.1 Å². The van der Waals surface area contributed by atoms with E-state index in [9.17, 15) is 0 Å². The summed E-state index contributed by atoms with van der Waals surface area (Å²) < 4.78 is 2.38. The average Bonchev–Trinajstić information content (AvgIpc) is 3.38. The molecule has 0 radical (unpaired) electrons. The van der Waals surface area contributed by atoms with Gasteiger partial charge in [-0.3, -0.25) is 0 Å². The second-order valence-corrected chi connectivity index (χ2v) is 11.2. The Morgan fingerprint density at radius 1 is 0.419 bits per heavy atom. The van der Waals surface area contributed by atoms with Crippen molar-refractivity contribution in [2.24, 2.45) is 0 Å². The van der Waals surface area contributed by atoms with Crippen molar-refractivity contribution in [1.29, 1.82) is 0 Å². The summed E-state index contributed by atoms with van der Waals surface area (Å²) in [5, 5.41) is 5.46. The highest BCUT2D eigenvalue weighted by molar-refractivity contribution is 6.32. The van der Waals surface area contributed by atoms with Gasteiger partial charge in [-0.25, -0.2) is 0 Å². The largest absolute Gasteiger partial charge is 0.310 e. The van der Waals surface area contributed by atoms with Gasteiger partial charge in [0.1, 0.15) is 0 Å². The third-order valence-electron chi connectivity index (χ3n) is 8.22. The molecular weight excluding hydrogens is 544 g/mol. The van der Waals surface area contributed by atoms with Gasteiger partial charge in [0.25, 0.3) is 0 Å². The van der Waals surface area contributed by atoms with Crippen molar-refractivity contribution in [2.75, 3.05) is 4.90 Å². The predicted molar refractivity (Wildman–Crippen MR) is 183 cm³/mol. The van der Waals surface area contributed by atoms with Gasteiger partial charge in [0, 0.05) is 38.2 Å². The minimum Gasteiger partial charge on any atom is -0.310 e. The van der Waals surface area contributed by atoms with E-state index >= 15 is 0 Å². The predicted octanol–water partition coefficient (Wildman–Crippen LogP) is 11.7. The minimum absolute atomic E-state index is 0.734. The van der Waals surface area contributed by atoms with Crippen LogP contribution in [0.2, 0.25) is 5.02 Å². The average molecular weight is 571 g/mol. The molecule has 8 aromatic rings. The van der Waals surface area contributed by atoms with Gasteiger partial charge in [-0.15, -0.1) is 0 Å². The van der Waals surface area contributed by atoms with Gasteiger partial charge in [0.2, 0.25) is 0 Å². The summed E-state index contributed by atoms with van der Waals surface area (Å²) >= 11 is 6.55. The van der Waals surface area contributed by atoms with E-state index in [0.717, 1.165) is 44.2 Å². The normalized spacial score (nSPS) is 11.4. The molecule has 0 saturated carbocycles. The van der Waals surface area contributed by atoms with Crippen molar-refractivity contribution in [3.63, 3.8) is 0 Å². The zero-order valence-electron chi connectivity index (χ0n) is 23.4. The number of anilines is 3. The fourth-order valence-electron chi connectivity index (χ4n) is 6.24. The summed E-state index contributed by atoms with van der Waals surface area (Å²) in [6.45, 7) is 0. The van der Waals surface area contributed by atoms with Crippen molar-refractivity contribution in [2.45, 2.75) is 0 Å². The van der Waals surface area contributed by atoms with Crippen LogP contribution in [-0.2, 0) is 0 Å². The van der Waals surface area contributed by atoms with Gasteiger partial charge in [-0.1, -0.05) is 115 Å². The number of nitrogens with zero attached hydrogens (tertiary/aromatic N) is 2. The lowest BCUT2D eigenvalue weighted by atomic mass is 10.0. The lowest BCUT2D eigenvalue weighted by molar-refractivity contribution is 1.19. The first-order valence-electron chi connectivity index (χ1n) is 14.5. The Bertz CT molecular complexity index is 2230. The molecule has 3 heteroatoms. The monoisotopic (exact) mass is 570 g/mol.